The number of carbonyl (C=O) groups is 1. The number of nitrogens with zero attached hydrogens (tertiary/aromatic N) is 3. The van der Waals surface area contributed by atoms with Crippen LogP contribution in [0.4, 0.5) is 0 Å². The Bertz CT molecular complexity index is 900. The lowest BCUT2D eigenvalue weighted by atomic mass is 9.48. The van der Waals surface area contributed by atoms with Crippen molar-refractivity contribution in [3.05, 3.63) is 29.8 Å². The van der Waals surface area contributed by atoms with Crippen LogP contribution >= 0.6 is 11.8 Å². The molecule has 1 unspecified atom stereocenters. The van der Waals surface area contributed by atoms with Gasteiger partial charge in [-0.2, -0.15) is 0 Å². The summed E-state index contributed by atoms with van der Waals surface area (Å²) in [7, 11) is 1.97. The highest BCUT2D eigenvalue weighted by Crippen LogP contribution is 2.61. The molecule has 0 radical (unpaired) electrons. The van der Waals surface area contributed by atoms with Gasteiger partial charge in [-0.1, -0.05) is 41.6 Å². The number of aryl methyl sites for hydroxylation is 1. The first-order valence-corrected chi connectivity index (χ1v) is 12.3. The molecule has 4 fully saturated rings. The smallest absolute Gasteiger partial charge is 0.230 e. The van der Waals surface area contributed by atoms with Gasteiger partial charge in [0.15, 0.2) is 11.0 Å². The molecule has 0 spiro atoms. The van der Waals surface area contributed by atoms with Crippen LogP contribution in [0, 0.1) is 30.1 Å². The van der Waals surface area contributed by atoms with Crippen molar-refractivity contribution in [2.24, 2.45) is 30.2 Å². The van der Waals surface area contributed by atoms with E-state index in [1.807, 2.05) is 11.6 Å². The Morgan fingerprint density at radius 1 is 1.13 bits per heavy atom. The zero-order valence-corrected chi connectivity index (χ0v) is 19.0. The standard InChI is InChI=1S/C24H32N4OS/c1-15-4-6-20(7-5-15)22-26-27-23(28(22)3)30-14-21(29)25-16(2)24-11-17-8-18(12-24)10-19(9-17)13-24/h4-7,16-19H,8-14H2,1-3H3,(H,25,29). The number of carbonyl (C=O) groups excluding carboxylic acids is 1. The maximum Gasteiger partial charge on any atom is 0.230 e. The molecule has 4 aliphatic carbocycles. The first-order valence-electron chi connectivity index (χ1n) is 11.3. The number of nitrogens with one attached hydrogen (secondary N) is 1. The van der Waals surface area contributed by atoms with Gasteiger partial charge in [0.05, 0.1) is 5.75 Å². The average molecular weight is 425 g/mol. The zero-order chi connectivity index (χ0) is 20.9. The van der Waals surface area contributed by atoms with Gasteiger partial charge in [0.25, 0.3) is 0 Å². The SMILES string of the molecule is Cc1ccc(-c2nnc(SCC(=O)NC(C)C34CC5CC(CC(C5)C3)C4)n2C)cc1. The Morgan fingerprint density at radius 3 is 2.33 bits per heavy atom. The minimum absolute atomic E-state index is 0.114. The number of thioether (sulfide) groups is 1. The maximum absolute atomic E-state index is 12.8. The molecule has 1 N–H and O–H groups in total. The number of hydrogen-bond acceptors (Lipinski definition) is 4. The van der Waals surface area contributed by atoms with E-state index in [1.165, 1.54) is 55.9 Å². The summed E-state index contributed by atoms with van der Waals surface area (Å²) in [5.74, 6) is 4.05. The summed E-state index contributed by atoms with van der Waals surface area (Å²) in [6.07, 6.45) is 8.26. The topological polar surface area (TPSA) is 59.8 Å². The van der Waals surface area contributed by atoms with Crippen molar-refractivity contribution in [2.45, 2.75) is 63.6 Å². The Labute approximate surface area is 183 Å². The highest BCUT2D eigenvalue weighted by molar-refractivity contribution is 7.99. The van der Waals surface area contributed by atoms with E-state index in [9.17, 15) is 4.79 Å². The van der Waals surface area contributed by atoms with Crippen molar-refractivity contribution in [2.75, 3.05) is 5.75 Å². The first-order chi connectivity index (χ1) is 14.4. The molecule has 1 aromatic heterocycles. The van der Waals surface area contributed by atoms with Crippen LogP contribution in [0.2, 0.25) is 0 Å². The third-order valence-corrected chi connectivity index (χ3v) is 8.88. The van der Waals surface area contributed by atoms with Gasteiger partial charge in [-0.15, -0.1) is 10.2 Å². The molecule has 1 heterocycles. The predicted octanol–water partition coefficient (Wildman–Crippen LogP) is 4.60. The number of hydrogen-bond donors (Lipinski definition) is 1. The Balaban J connectivity index is 1.19. The molecule has 4 saturated carbocycles. The van der Waals surface area contributed by atoms with Gasteiger partial charge in [0, 0.05) is 18.7 Å². The molecular formula is C24H32N4OS. The molecule has 4 aliphatic rings. The van der Waals surface area contributed by atoms with Crippen LogP contribution in [0.5, 0.6) is 0 Å². The second kappa shape index (κ2) is 7.70. The number of benzene rings is 1. The highest BCUT2D eigenvalue weighted by Gasteiger charge is 2.53. The van der Waals surface area contributed by atoms with E-state index >= 15 is 0 Å². The quantitative estimate of drug-likeness (QED) is 0.688. The van der Waals surface area contributed by atoms with E-state index < -0.39 is 0 Å². The Morgan fingerprint density at radius 2 is 1.73 bits per heavy atom. The average Bonchev–Trinajstić information content (AvgIpc) is 3.06. The summed E-state index contributed by atoms with van der Waals surface area (Å²) in [5.41, 5.74) is 2.61. The third-order valence-electron chi connectivity index (χ3n) is 7.86. The molecule has 0 aliphatic heterocycles. The molecule has 1 amide bonds. The van der Waals surface area contributed by atoms with E-state index in [4.69, 9.17) is 0 Å². The van der Waals surface area contributed by atoms with Crippen LogP contribution < -0.4 is 5.32 Å². The molecule has 1 aromatic carbocycles. The molecule has 2 aromatic rings. The fourth-order valence-corrected chi connectivity index (χ4v) is 7.39. The lowest BCUT2D eigenvalue weighted by Gasteiger charge is -2.59. The molecule has 5 nitrogen and oxygen atoms in total. The summed E-state index contributed by atoms with van der Waals surface area (Å²) in [5, 5.41) is 12.8. The summed E-state index contributed by atoms with van der Waals surface area (Å²) in [4.78, 5) is 12.8. The van der Waals surface area contributed by atoms with Crippen molar-refractivity contribution in [3.8, 4) is 11.4 Å². The molecule has 1 atom stereocenters. The van der Waals surface area contributed by atoms with E-state index in [0.717, 1.165) is 34.3 Å². The van der Waals surface area contributed by atoms with Crippen LogP contribution in [0.1, 0.15) is 51.0 Å². The van der Waals surface area contributed by atoms with E-state index in [1.54, 1.807) is 0 Å². The lowest BCUT2D eigenvalue weighted by molar-refractivity contribution is -0.123. The molecule has 4 bridgehead atoms. The predicted molar refractivity (Wildman–Crippen MR) is 120 cm³/mol. The van der Waals surface area contributed by atoms with Gasteiger partial charge in [-0.05, 0) is 75.5 Å². The summed E-state index contributed by atoms with van der Waals surface area (Å²) in [6, 6.07) is 8.55. The second-order valence-electron chi connectivity index (χ2n) is 10.1. The fourth-order valence-electron chi connectivity index (χ4n) is 6.67. The second-order valence-corrected chi connectivity index (χ2v) is 11.0. The van der Waals surface area contributed by atoms with E-state index in [-0.39, 0.29) is 11.9 Å². The largest absolute Gasteiger partial charge is 0.352 e. The van der Waals surface area contributed by atoms with Crippen LogP contribution in [-0.2, 0) is 11.8 Å². The van der Waals surface area contributed by atoms with Gasteiger partial charge in [-0.3, -0.25) is 4.79 Å². The molecule has 0 saturated heterocycles. The molecular weight excluding hydrogens is 392 g/mol. The van der Waals surface area contributed by atoms with Gasteiger partial charge >= 0.3 is 0 Å². The van der Waals surface area contributed by atoms with Crippen LogP contribution in [0.3, 0.4) is 0 Å². The van der Waals surface area contributed by atoms with Crippen molar-refractivity contribution in [1.29, 1.82) is 0 Å². The van der Waals surface area contributed by atoms with Gasteiger partial charge in [0.1, 0.15) is 0 Å². The van der Waals surface area contributed by atoms with Crippen molar-refractivity contribution in [1.82, 2.24) is 20.1 Å². The number of aromatic nitrogens is 3. The number of rotatable bonds is 6. The van der Waals surface area contributed by atoms with Crippen LogP contribution in [0.25, 0.3) is 11.4 Å². The Hall–Kier alpha value is -1.82. The normalized spacial score (nSPS) is 30.4. The minimum atomic E-state index is 0.114. The first kappa shape index (κ1) is 20.1. The molecule has 6 rings (SSSR count). The highest BCUT2D eigenvalue weighted by atomic mass is 32.2. The fraction of sp³-hybridized carbons (Fsp3) is 0.625. The lowest BCUT2D eigenvalue weighted by Crippen LogP contribution is -2.56. The summed E-state index contributed by atoms with van der Waals surface area (Å²) in [6.45, 7) is 4.32. The third kappa shape index (κ3) is 3.68. The van der Waals surface area contributed by atoms with Gasteiger partial charge in [0.2, 0.25) is 5.91 Å². The van der Waals surface area contributed by atoms with E-state index in [2.05, 4.69) is 53.6 Å². The van der Waals surface area contributed by atoms with E-state index in [0.29, 0.717) is 11.2 Å². The van der Waals surface area contributed by atoms with Crippen LogP contribution in [-0.4, -0.2) is 32.5 Å². The molecule has 160 valence electrons. The summed E-state index contributed by atoms with van der Waals surface area (Å²) < 4.78 is 1.98. The van der Waals surface area contributed by atoms with Gasteiger partial charge < -0.3 is 9.88 Å². The maximum atomic E-state index is 12.8. The van der Waals surface area contributed by atoms with Crippen molar-refractivity contribution < 1.29 is 4.79 Å². The zero-order valence-electron chi connectivity index (χ0n) is 18.2. The van der Waals surface area contributed by atoms with Crippen molar-refractivity contribution in [3.63, 3.8) is 0 Å². The Kier molecular flexibility index (Phi) is 5.16. The van der Waals surface area contributed by atoms with Crippen LogP contribution in [0.15, 0.2) is 29.4 Å². The minimum Gasteiger partial charge on any atom is -0.352 e. The van der Waals surface area contributed by atoms with Crippen molar-refractivity contribution >= 4 is 17.7 Å². The van der Waals surface area contributed by atoms with Gasteiger partial charge in [-0.25, -0.2) is 0 Å². The summed E-state index contributed by atoms with van der Waals surface area (Å²) >= 11 is 1.47. The molecule has 6 heteroatoms. The molecule has 30 heavy (non-hydrogen) atoms. The monoisotopic (exact) mass is 424 g/mol. The number of amides is 1.